The lowest BCUT2D eigenvalue weighted by Crippen LogP contribution is -2.36. The molecule has 76 valence electrons. The Labute approximate surface area is 84.9 Å². The first-order valence-electron chi connectivity index (χ1n) is 5.21. The average Bonchev–Trinajstić information content (AvgIpc) is 2.66. The molecular formula is C11H17N3. The molecule has 0 radical (unpaired) electrons. The highest BCUT2D eigenvalue weighted by atomic mass is 15.2. The van der Waals surface area contributed by atoms with E-state index in [2.05, 4.69) is 22.9 Å². The molecule has 2 rings (SSSR count). The molecule has 1 aliphatic rings. The fourth-order valence-corrected chi connectivity index (χ4v) is 2.14. The number of aryl methyl sites for hydroxylation is 1. The van der Waals surface area contributed by atoms with Gasteiger partial charge in [0.2, 0.25) is 0 Å². The Kier molecular flexibility index (Phi) is 2.68. The maximum Gasteiger partial charge on any atom is 0.131 e. The van der Waals surface area contributed by atoms with E-state index in [9.17, 15) is 0 Å². The second-order valence-corrected chi connectivity index (χ2v) is 3.87. The Morgan fingerprint density at radius 2 is 2.50 bits per heavy atom. The Balaban J connectivity index is 2.26. The predicted octanol–water partition coefficient (Wildman–Crippen LogP) is 1.32. The van der Waals surface area contributed by atoms with Gasteiger partial charge in [-0.05, 0) is 31.4 Å². The summed E-state index contributed by atoms with van der Waals surface area (Å²) < 4.78 is 0. The number of nitrogens with zero attached hydrogens (tertiary/aromatic N) is 2. The van der Waals surface area contributed by atoms with Crippen molar-refractivity contribution in [3.05, 3.63) is 23.9 Å². The molecule has 14 heavy (non-hydrogen) atoms. The molecule has 0 aromatic carbocycles. The van der Waals surface area contributed by atoms with Crippen LogP contribution in [-0.4, -0.2) is 24.1 Å². The monoisotopic (exact) mass is 191 g/mol. The summed E-state index contributed by atoms with van der Waals surface area (Å²) in [5.74, 6) is 1.11. The molecule has 0 spiro atoms. The highest BCUT2D eigenvalue weighted by Crippen LogP contribution is 2.25. The van der Waals surface area contributed by atoms with E-state index in [0.717, 1.165) is 18.9 Å². The molecule has 0 bridgehead atoms. The molecule has 3 heteroatoms. The van der Waals surface area contributed by atoms with Crippen LogP contribution in [0, 0.1) is 6.92 Å². The van der Waals surface area contributed by atoms with Crippen LogP contribution >= 0.6 is 0 Å². The summed E-state index contributed by atoms with van der Waals surface area (Å²) in [7, 11) is 0. The van der Waals surface area contributed by atoms with Crippen molar-refractivity contribution in [2.75, 3.05) is 18.0 Å². The van der Waals surface area contributed by atoms with E-state index < -0.39 is 0 Å². The van der Waals surface area contributed by atoms with Gasteiger partial charge in [-0.1, -0.05) is 6.07 Å². The summed E-state index contributed by atoms with van der Waals surface area (Å²) in [5, 5.41) is 0. The van der Waals surface area contributed by atoms with Gasteiger partial charge in [0.05, 0.1) is 0 Å². The minimum Gasteiger partial charge on any atom is -0.352 e. The van der Waals surface area contributed by atoms with E-state index in [1.165, 1.54) is 18.4 Å². The predicted molar refractivity (Wildman–Crippen MR) is 58.4 cm³/mol. The lowest BCUT2D eigenvalue weighted by molar-refractivity contribution is 0.670. The summed E-state index contributed by atoms with van der Waals surface area (Å²) >= 11 is 0. The molecule has 1 atom stereocenters. The van der Waals surface area contributed by atoms with E-state index in [4.69, 9.17) is 5.73 Å². The van der Waals surface area contributed by atoms with Gasteiger partial charge < -0.3 is 10.6 Å². The van der Waals surface area contributed by atoms with E-state index in [-0.39, 0.29) is 0 Å². The Bertz CT molecular complexity index is 311. The first-order valence-corrected chi connectivity index (χ1v) is 5.21. The first-order chi connectivity index (χ1) is 6.83. The molecule has 0 aliphatic carbocycles. The van der Waals surface area contributed by atoms with E-state index in [0.29, 0.717) is 6.04 Å². The van der Waals surface area contributed by atoms with E-state index in [1.54, 1.807) is 0 Å². The molecule has 2 N–H and O–H groups in total. The number of hydrogen-bond donors (Lipinski definition) is 1. The molecular weight excluding hydrogens is 174 g/mol. The van der Waals surface area contributed by atoms with E-state index in [1.807, 2.05) is 12.3 Å². The van der Waals surface area contributed by atoms with Crippen LogP contribution < -0.4 is 10.6 Å². The zero-order valence-electron chi connectivity index (χ0n) is 8.61. The smallest absolute Gasteiger partial charge is 0.131 e. The third kappa shape index (κ3) is 1.60. The summed E-state index contributed by atoms with van der Waals surface area (Å²) in [6.07, 6.45) is 4.29. The fourth-order valence-electron chi connectivity index (χ4n) is 2.14. The van der Waals surface area contributed by atoms with E-state index >= 15 is 0 Å². The molecule has 1 aliphatic heterocycles. The van der Waals surface area contributed by atoms with Gasteiger partial charge in [-0.2, -0.15) is 0 Å². The molecule has 3 nitrogen and oxygen atoms in total. The molecule has 1 unspecified atom stereocenters. The van der Waals surface area contributed by atoms with Gasteiger partial charge in [-0.15, -0.1) is 0 Å². The number of anilines is 1. The van der Waals surface area contributed by atoms with Crippen LogP contribution in [-0.2, 0) is 0 Å². The largest absolute Gasteiger partial charge is 0.352 e. The zero-order valence-corrected chi connectivity index (χ0v) is 8.61. The van der Waals surface area contributed by atoms with Crippen LogP contribution in [0.2, 0.25) is 0 Å². The third-order valence-electron chi connectivity index (χ3n) is 2.90. The molecule has 0 saturated carbocycles. The molecule has 1 fully saturated rings. The van der Waals surface area contributed by atoms with Gasteiger partial charge in [0.1, 0.15) is 5.82 Å². The topological polar surface area (TPSA) is 42.2 Å². The zero-order chi connectivity index (χ0) is 9.97. The molecule has 0 amide bonds. The highest BCUT2D eigenvalue weighted by molar-refractivity contribution is 5.47. The summed E-state index contributed by atoms with van der Waals surface area (Å²) in [6, 6.07) is 4.57. The van der Waals surface area contributed by atoms with Crippen molar-refractivity contribution in [3.8, 4) is 0 Å². The highest BCUT2D eigenvalue weighted by Gasteiger charge is 2.24. The van der Waals surface area contributed by atoms with Crippen molar-refractivity contribution < 1.29 is 0 Å². The Morgan fingerprint density at radius 1 is 1.64 bits per heavy atom. The standard InChI is InChI=1S/C11H17N3/c1-9-4-2-6-13-11(9)14-7-3-5-10(14)8-12/h2,4,6,10H,3,5,7-8,12H2,1H3. The summed E-state index contributed by atoms with van der Waals surface area (Å²) in [5.41, 5.74) is 6.99. The Morgan fingerprint density at radius 3 is 3.21 bits per heavy atom. The van der Waals surface area contributed by atoms with Gasteiger partial charge >= 0.3 is 0 Å². The van der Waals surface area contributed by atoms with Crippen LogP contribution in [0.1, 0.15) is 18.4 Å². The number of aromatic nitrogens is 1. The average molecular weight is 191 g/mol. The minimum atomic E-state index is 0.489. The van der Waals surface area contributed by atoms with Gasteiger partial charge in [-0.25, -0.2) is 4.98 Å². The first kappa shape index (κ1) is 9.46. The van der Waals surface area contributed by atoms with Gasteiger partial charge in [0.15, 0.2) is 0 Å². The van der Waals surface area contributed by atoms with Crippen LogP contribution in [0.5, 0.6) is 0 Å². The number of hydrogen-bond acceptors (Lipinski definition) is 3. The lowest BCUT2D eigenvalue weighted by Gasteiger charge is -2.25. The quantitative estimate of drug-likeness (QED) is 0.766. The lowest BCUT2D eigenvalue weighted by atomic mass is 10.2. The van der Waals surface area contributed by atoms with Gasteiger partial charge in [-0.3, -0.25) is 0 Å². The van der Waals surface area contributed by atoms with Crippen LogP contribution in [0.25, 0.3) is 0 Å². The normalized spacial score (nSPS) is 21.6. The number of pyridine rings is 1. The van der Waals surface area contributed by atoms with Crippen LogP contribution in [0.15, 0.2) is 18.3 Å². The van der Waals surface area contributed by atoms with Crippen molar-refractivity contribution in [2.45, 2.75) is 25.8 Å². The molecule has 2 heterocycles. The van der Waals surface area contributed by atoms with Crippen LogP contribution in [0.4, 0.5) is 5.82 Å². The number of nitrogens with two attached hydrogens (primary N) is 1. The van der Waals surface area contributed by atoms with Crippen molar-refractivity contribution in [1.29, 1.82) is 0 Å². The SMILES string of the molecule is Cc1cccnc1N1CCCC1CN. The maximum atomic E-state index is 5.74. The summed E-state index contributed by atoms with van der Waals surface area (Å²) in [6.45, 7) is 3.93. The molecule has 1 aromatic rings. The third-order valence-corrected chi connectivity index (χ3v) is 2.90. The second-order valence-electron chi connectivity index (χ2n) is 3.87. The minimum absolute atomic E-state index is 0.489. The fraction of sp³-hybridized carbons (Fsp3) is 0.545. The Hall–Kier alpha value is -1.09. The van der Waals surface area contributed by atoms with Crippen molar-refractivity contribution in [3.63, 3.8) is 0 Å². The van der Waals surface area contributed by atoms with Crippen molar-refractivity contribution in [2.24, 2.45) is 5.73 Å². The van der Waals surface area contributed by atoms with Gasteiger partial charge in [0, 0.05) is 25.3 Å². The van der Waals surface area contributed by atoms with Crippen molar-refractivity contribution in [1.82, 2.24) is 4.98 Å². The number of rotatable bonds is 2. The van der Waals surface area contributed by atoms with Crippen molar-refractivity contribution >= 4 is 5.82 Å². The molecule has 1 saturated heterocycles. The maximum absolute atomic E-state index is 5.74. The van der Waals surface area contributed by atoms with Gasteiger partial charge in [0.25, 0.3) is 0 Å². The van der Waals surface area contributed by atoms with Crippen LogP contribution in [0.3, 0.4) is 0 Å². The molecule has 1 aromatic heterocycles. The summed E-state index contributed by atoms with van der Waals surface area (Å²) in [4.78, 5) is 6.77. The second kappa shape index (κ2) is 3.96.